The Morgan fingerprint density at radius 2 is 2.10 bits per heavy atom. The molecule has 0 saturated carbocycles. The van der Waals surface area contributed by atoms with Crippen LogP contribution in [-0.4, -0.2) is 22.4 Å². The first-order valence-electron chi connectivity index (χ1n) is 7.40. The number of ketones is 1. The van der Waals surface area contributed by atoms with E-state index in [-0.39, 0.29) is 5.78 Å². The number of nitrogens with zero attached hydrogens (tertiary/aromatic N) is 2. The molecular weight excluding hydrogens is 264 g/mol. The van der Waals surface area contributed by atoms with Crippen molar-refractivity contribution in [3.05, 3.63) is 41.7 Å². The number of ether oxygens (including phenoxy) is 1. The Labute approximate surface area is 124 Å². The number of carbonyl (C=O) groups is 1. The first-order chi connectivity index (χ1) is 10.3. The number of aromatic nitrogens is 2. The fourth-order valence-electron chi connectivity index (χ4n) is 2.58. The molecule has 108 valence electrons. The molecule has 1 aromatic carbocycles. The summed E-state index contributed by atoms with van der Waals surface area (Å²) < 4.78 is 5.51. The summed E-state index contributed by atoms with van der Waals surface area (Å²) in [5, 5.41) is 0. The minimum atomic E-state index is 0.164. The number of benzene rings is 1. The minimum absolute atomic E-state index is 0.164. The Hall–Kier alpha value is -2.23. The molecule has 0 unspecified atom stereocenters. The lowest BCUT2D eigenvalue weighted by Gasteiger charge is -2.08. The van der Waals surface area contributed by atoms with Gasteiger partial charge < -0.3 is 4.74 Å². The molecule has 1 heterocycles. The van der Waals surface area contributed by atoms with E-state index < -0.39 is 0 Å². The smallest absolute Gasteiger partial charge is 0.166 e. The van der Waals surface area contributed by atoms with Crippen molar-refractivity contribution in [1.82, 2.24) is 9.97 Å². The predicted octanol–water partition coefficient (Wildman–Crippen LogP) is 3.45. The topological polar surface area (TPSA) is 52.1 Å². The van der Waals surface area contributed by atoms with Crippen LogP contribution in [-0.2, 0) is 6.42 Å². The second-order valence-corrected chi connectivity index (χ2v) is 5.15. The van der Waals surface area contributed by atoms with Crippen LogP contribution in [0.2, 0.25) is 0 Å². The van der Waals surface area contributed by atoms with Crippen LogP contribution in [0.15, 0.2) is 30.5 Å². The van der Waals surface area contributed by atoms with Crippen molar-refractivity contribution in [3.63, 3.8) is 0 Å². The number of fused-ring (bicyclic) bond motifs is 1. The highest BCUT2D eigenvalue weighted by Gasteiger charge is 2.18. The Kier molecular flexibility index (Phi) is 3.95. The second kappa shape index (κ2) is 6.04. The van der Waals surface area contributed by atoms with Crippen LogP contribution >= 0.6 is 0 Å². The molecule has 0 bridgehead atoms. The van der Waals surface area contributed by atoms with Crippen molar-refractivity contribution in [2.45, 2.75) is 32.6 Å². The summed E-state index contributed by atoms with van der Waals surface area (Å²) in [4.78, 5) is 21.0. The van der Waals surface area contributed by atoms with Crippen molar-refractivity contribution in [2.24, 2.45) is 0 Å². The molecule has 1 aliphatic rings. The number of carbonyl (C=O) groups excluding carboxylic acids is 1. The third kappa shape index (κ3) is 2.94. The summed E-state index contributed by atoms with van der Waals surface area (Å²) in [6.45, 7) is 2.58. The normalized spacial score (nSPS) is 14.4. The van der Waals surface area contributed by atoms with Gasteiger partial charge in [-0.25, -0.2) is 9.97 Å². The maximum atomic E-state index is 12.0. The highest BCUT2D eigenvalue weighted by atomic mass is 16.5. The van der Waals surface area contributed by atoms with Crippen LogP contribution in [0.5, 0.6) is 5.75 Å². The van der Waals surface area contributed by atoms with Gasteiger partial charge in [-0.05, 0) is 38.3 Å². The molecule has 0 aliphatic heterocycles. The number of hydrogen-bond acceptors (Lipinski definition) is 4. The molecule has 1 aromatic heterocycles. The Bertz CT molecular complexity index is 668. The van der Waals surface area contributed by atoms with Crippen LogP contribution in [0.4, 0.5) is 0 Å². The highest BCUT2D eigenvalue weighted by molar-refractivity contribution is 5.97. The van der Waals surface area contributed by atoms with E-state index in [0.29, 0.717) is 24.4 Å². The van der Waals surface area contributed by atoms with Gasteiger partial charge in [0.1, 0.15) is 5.75 Å². The van der Waals surface area contributed by atoms with Gasteiger partial charge in [0.25, 0.3) is 0 Å². The lowest BCUT2D eigenvalue weighted by molar-refractivity contribution is 0.0981. The molecule has 4 nitrogen and oxygen atoms in total. The van der Waals surface area contributed by atoms with E-state index in [2.05, 4.69) is 9.97 Å². The summed E-state index contributed by atoms with van der Waals surface area (Å²) in [7, 11) is 0. The van der Waals surface area contributed by atoms with Gasteiger partial charge in [0.05, 0.1) is 17.9 Å². The lowest BCUT2D eigenvalue weighted by atomic mass is 10.1. The average Bonchev–Trinajstić information content (AvgIpc) is 2.69. The monoisotopic (exact) mass is 282 g/mol. The zero-order chi connectivity index (χ0) is 14.7. The van der Waals surface area contributed by atoms with Gasteiger partial charge in [-0.1, -0.05) is 12.1 Å². The number of Topliss-reactive ketones (excluding diaryl/α,β-unsaturated/α-hetero) is 1. The van der Waals surface area contributed by atoms with Gasteiger partial charge in [0.15, 0.2) is 11.6 Å². The van der Waals surface area contributed by atoms with Crippen molar-refractivity contribution < 1.29 is 9.53 Å². The van der Waals surface area contributed by atoms with E-state index in [1.54, 1.807) is 6.20 Å². The molecule has 0 saturated heterocycles. The lowest BCUT2D eigenvalue weighted by Crippen LogP contribution is -2.05. The molecule has 2 aromatic rings. The van der Waals surface area contributed by atoms with Crippen molar-refractivity contribution in [3.8, 4) is 17.1 Å². The molecule has 0 N–H and O–H groups in total. The summed E-state index contributed by atoms with van der Waals surface area (Å²) in [6, 6.07) is 7.74. The minimum Gasteiger partial charge on any atom is -0.494 e. The summed E-state index contributed by atoms with van der Waals surface area (Å²) in [5.41, 5.74) is 2.49. The van der Waals surface area contributed by atoms with Crippen molar-refractivity contribution in [1.29, 1.82) is 0 Å². The van der Waals surface area contributed by atoms with E-state index in [0.717, 1.165) is 36.3 Å². The highest BCUT2D eigenvalue weighted by Crippen LogP contribution is 2.24. The van der Waals surface area contributed by atoms with Crippen LogP contribution in [0.3, 0.4) is 0 Å². The third-order valence-electron chi connectivity index (χ3n) is 3.64. The fourth-order valence-corrected chi connectivity index (χ4v) is 2.58. The molecule has 4 heteroatoms. The van der Waals surface area contributed by atoms with Gasteiger partial charge in [-0.3, -0.25) is 4.79 Å². The van der Waals surface area contributed by atoms with Crippen LogP contribution in [0.25, 0.3) is 11.4 Å². The van der Waals surface area contributed by atoms with E-state index >= 15 is 0 Å². The largest absolute Gasteiger partial charge is 0.494 e. The SMILES string of the molecule is CCOc1cccc(-c2ncc3c(n2)CCCCC3=O)c1. The van der Waals surface area contributed by atoms with E-state index in [9.17, 15) is 4.79 Å². The molecule has 21 heavy (non-hydrogen) atoms. The molecule has 0 amide bonds. The van der Waals surface area contributed by atoms with E-state index in [1.165, 1.54) is 0 Å². The van der Waals surface area contributed by atoms with E-state index in [1.807, 2.05) is 31.2 Å². The van der Waals surface area contributed by atoms with Crippen LogP contribution in [0, 0.1) is 0 Å². The summed E-state index contributed by atoms with van der Waals surface area (Å²) in [5.74, 6) is 1.63. The van der Waals surface area contributed by atoms with Gasteiger partial charge in [0.2, 0.25) is 0 Å². The molecule has 0 fully saturated rings. The second-order valence-electron chi connectivity index (χ2n) is 5.15. The van der Waals surface area contributed by atoms with Crippen LogP contribution < -0.4 is 4.74 Å². The number of aryl methyl sites for hydroxylation is 1. The van der Waals surface area contributed by atoms with Gasteiger partial charge >= 0.3 is 0 Å². The first-order valence-corrected chi connectivity index (χ1v) is 7.40. The first kappa shape index (κ1) is 13.7. The number of hydrogen-bond donors (Lipinski definition) is 0. The summed E-state index contributed by atoms with van der Waals surface area (Å²) >= 11 is 0. The standard InChI is InChI=1S/C17H18N2O2/c1-2-21-13-7-5-6-12(10-13)17-18-11-14-15(19-17)8-3-4-9-16(14)20/h5-7,10-11H,2-4,8-9H2,1H3. The van der Waals surface area contributed by atoms with E-state index in [4.69, 9.17) is 4.74 Å². The maximum Gasteiger partial charge on any atom is 0.166 e. The average molecular weight is 282 g/mol. The molecule has 0 atom stereocenters. The Balaban J connectivity index is 1.98. The quantitative estimate of drug-likeness (QED) is 0.809. The fraction of sp³-hybridized carbons (Fsp3) is 0.353. The van der Waals surface area contributed by atoms with Gasteiger partial charge in [-0.2, -0.15) is 0 Å². The van der Waals surface area contributed by atoms with Crippen molar-refractivity contribution in [2.75, 3.05) is 6.61 Å². The molecule has 1 aliphatic carbocycles. The van der Waals surface area contributed by atoms with Crippen LogP contribution in [0.1, 0.15) is 42.2 Å². The Morgan fingerprint density at radius 3 is 2.95 bits per heavy atom. The molecule has 0 spiro atoms. The molecular formula is C17H18N2O2. The zero-order valence-electron chi connectivity index (χ0n) is 12.1. The summed E-state index contributed by atoms with van der Waals surface area (Å²) in [6.07, 6.45) is 5.08. The van der Waals surface area contributed by atoms with Gasteiger partial charge in [-0.15, -0.1) is 0 Å². The predicted molar refractivity (Wildman–Crippen MR) is 80.5 cm³/mol. The van der Waals surface area contributed by atoms with Crippen molar-refractivity contribution >= 4 is 5.78 Å². The molecule has 3 rings (SSSR count). The number of rotatable bonds is 3. The maximum absolute atomic E-state index is 12.0. The molecule has 0 radical (unpaired) electrons. The Morgan fingerprint density at radius 1 is 1.24 bits per heavy atom. The third-order valence-corrected chi connectivity index (χ3v) is 3.64. The van der Waals surface area contributed by atoms with Gasteiger partial charge in [0, 0.05) is 18.2 Å². The zero-order valence-corrected chi connectivity index (χ0v) is 12.1.